The third kappa shape index (κ3) is 2.81. The quantitative estimate of drug-likeness (QED) is 0.912. The van der Waals surface area contributed by atoms with Gasteiger partial charge in [-0.2, -0.15) is 0 Å². The van der Waals surface area contributed by atoms with Crippen LogP contribution in [0.15, 0.2) is 34.9 Å². The molecule has 1 aliphatic rings. The summed E-state index contributed by atoms with van der Waals surface area (Å²) in [7, 11) is 0. The summed E-state index contributed by atoms with van der Waals surface area (Å²) in [6.45, 7) is 5.00. The molecule has 1 N–H and O–H groups in total. The molecule has 3 nitrogen and oxygen atoms in total. The number of nitrogens with one attached hydrogen (secondary N) is 1. The van der Waals surface area contributed by atoms with Crippen molar-refractivity contribution in [1.82, 2.24) is 4.98 Å². The maximum atomic E-state index is 5.45. The van der Waals surface area contributed by atoms with Crippen molar-refractivity contribution in [3.05, 3.63) is 34.9 Å². The normalized spacial score (nSPS) is 18.1. The predicted molar refractivity (Wildman–Crippen MR) is 86.1 cm³/mol. The molecule has 2 aromatic rings. The highest BCUT2D eigenvalue weighted by Crippen LogP contribution is 2.32. The minimum absolute atomic E-state index is 0.300. The van der Waals surface area contributed by atoms with E-state index in [1.807, 2.05) is 12.3 Å². The van der Waals surface area contributed by atoms with Crippen molar-refractivity contribution < 1.29 is 4.74 Å². The topological polar surface area (TPSA) is 34.2 Å². The van der Waals surface area contributed by atoms with Gasteiger partial charge < -0.3 is 10.1 Å². The molecule has 20 heavy (non-hydrogen) atoms. The molecule has 3 rings (SSSR count). The highest BCUT2D eigenvalue weighted by molar-refractivity contribution is 9.10. The number of pyridine rings is 1. The van der Waals surface area contributed by atoms with E-state index in [0.29, 0.717) is 5.41 Å². The molecule has 0 aliphatic carbocycles. The first-order chi connectivity index (χ1) is 9.68. The first-order valence-electron chi connectivity index (χ1n) is 7.03. The van der Waals surface area contributed by atoms with Gasteiger partial charge in [0.05, 0.1) is 0 Å². The van der Waals surface area contributed by atoms with Gasteiger partial charge in [-0.1, -0.05) is 35.0 Å². The van der Waals surface area contributed by atoms with E-state index in [0.717, 1.165) is 48.3 Å². The monoisotopic (exact) mass is 334 g/mol. The van der Waals surface area contributed by atoms with Gasteiger partial charge in [-0.15, -0.1) is 0 Å². The molecule has 0 spiro atoms. The van der Waals surface area contributed by atoms with Crippen molar-refractivity contribution in [3.63, 3.8) is 0 Å². The van der Waals surface area contributed by atoms with Crippen LogP contribution in [0.3, 0.4) is 0 Å². The van der Waals surface area contributed by atoms with Crippen LogP contribution in [0.2, 0.25) is 0 Å². The average Bonchev–Trinajstić information content (AvgIpc) is 2.47. The van der Waals surface area contributed by atoms with Crippen LogP contribution in [0, 0.1) is 5.41 Å². The second kappa shape index (κ2) is 5.70. The fourth-order valence-electron chi connectivity index (χ4n) is 2.65. The zero-order valence-corrected chi connectivity index (χ0v) is 13.2. The van der Waals surface area contributed by atoms with E-state index in [1.165, 1.54) is 5.39 Å². The Morgan fingerprint density at radius 2 is 2.05 bits per heavy atom. The Morgan fingerprint density at radius 3 is 2.85 bits per heavy atom. The summed E-state index contributed by atoms with van der Waals surface area (Å²) in [4.78, 5) is 4.50. The van der Waals surface area contributed by atoms with E-state index in [-0.39, 0.29) is 0 Å². The zero-order chi connectivity index (χ0) is 14.0. The minimum Gasteiger partial charge on any atom is -0.381 e. The van der Waals surface area contributed by atoms with Gasteiger partial charge in [-0.3, -0.25) is 0 Å². The molecule has 106 valence electrons. The van der Waals surface area contributed by atoms with Crippen molar-refractivity contribution in [3.8, 4) is 0 Å². The Morgan fingerprint density at radius 1 is 1.25 bits per heavy atom. The van der Waals surface area contributed by atoms with Gasteiger partial charge in [0.15, 0.2) is 0 Å². The largest absolute Gasteiger partial charge is 0.381 e. The lowest BCUT2D eigenvalue weighted by atomic mass is 9.82. The third-order valence-electron chi connectivity index (χ3n) is 4.14. The molecule has 1 saturated heterocycles. The number of hydrogen-bond donors (Lipinski definition) is 1. The second-order valence-electron chi connectivity index (χ2n) is 5.77. The van der Waals surface area contributed by atoms with Crippen molar-refractivity contribution in [2.75, 3.05) is 25.1 Å². The van der Waals surface area contributed by atoms with Crippen LogP contribution in [0.25, 0.3) is 10.8 Å². The number of hydrogen-bond acceptors (Lipinski definition) is 3. The molecule has 1 aromatic carbocycles. The Labute approximate surface area is 127 Å². The van der Waals surface area contributed by atoms with Crippen molar-refractivity contribution in [2.45, 2.75) is 19.8 Å². The van der Waals surface area contributed by atoms with Gasteiger partial charge in [0, 0.05) is 41.2 Å². The van der Waals surface area contributed by atoms with Crippen LogP contribution in [0.4, 0.5) is 5.82 Å². The second-order valence-corrected chi connectivity index (χ2v) is 6.63. The first-order valence-corrected chi connectivity index (χ1v) is 7.82. The molecule has 0 radical (unpaired) electrons. The van der Waals surface area contributed by atoms with Crippen LogP contribution >= 0.6 is 15.9 Å². The molecule has 0 amide bonds. The standard InChI is InChI=1S/C16H19BrN2O/c1-16(6-9-20-10-7-16)11-19-15-13-3-2-4-14(17)12(13)5-8-18-15/h2-5,8H,6-7,9-11H2,1H3,(H,18,19). The maximum absolute atomic E-state index is 5.45. The molecular weight excluding hydrogens is 316 g/mol. The summed E-state index contributed by atoms with van der Waals surface area (Å²) in [5, 5.41) is 5.90. The lowest BCUT2D eigenvalue weighted by Gasteiger charge is -2.33. The third-order valence-corrected chi connectivity index (χ3v) is 4.83. The number of nitrogens with zero attached hydrogens (tertiary/aromatic N) is 1. The summed E-state index contributed by atoms with van der Waals surface area (Å²) in [5.74, 6) is 0.969. The van der Waals surface area contributed by atoms with Crippen molar-refractivity contribution in [1.29, 1.82) is 0 Å². The highest BCUT2D eigenvalue weighted by Gasteiger charge is 2.27. The predicted octanol–water partition coefficient (Wildman–Crippen LogP) is 4.23. The van der Waals surface area contributed by atoms with Gasteiger partial charge in [0.2, 0.25) is 0 Å². The van der Waals surface area contributed by atoms with E-state index < -0.39 is 0 Å². The average molecular weight is 335 g/mol. The van der Waals surface area contributed by atoms with Crippen LogP contribution < -0.4 is 5.32 Å². The van der Waals surface area contributed by atoms with Crippen LogP contribution in [0.1, 0.15) is 19.8 Å². The number of halogens is 1. The number of benzene rings is 1. The molecule has 1 aliphatic heterocycles. The SMILES string of the molecule is CC1(CNc2nccc3c(Br)cccc23)CCOCC1. The minimum atomic E-state index is 0.300. The first kappa shape index (κ1) is 13.8. The van der Waals surface area contributed by atoms with Crippen molar-refractivity contribution in [2.24, 2.45) is 5.41 Å². The van der Waals surface area contributed by atoms with E-state index in [4.69, 9.17) is 4.74 Å². The Hall–Kier alpha value is -1.13. The molecule has 4 heteroatoms. The van der Waals surface area contributed by atoms with Crippen LogP contribution in [0.5, 0.6) is 0 Å². The summed E-state index contributed by atoms with van der Waals surface area (Å²) >= 11 is 3.60. The summed E-state index contributed by atoms with van der Waals surface area (Å²) in [6.07, 6.45) is 4.07. The van der Waals surface area contributed by atoms with Gasteiger partial charge in [-0.25, -0.2) is 4.98 Å². The van der Waals surface area contributed by atoms with Crippen molar-refractivity contribution >= 4 is 32.5 Å². The number of rotatable bonds is 3. The van der Waals surface area contributed by atoms with Gasteiger partial charge >= 0.3 is 0 Å². The molecule has 1 fully saturated rings. The number of fused-ring (bicyclic) bond motifs is 1. The molecule has 0 saturated carbocycles. The van der Waals surface area contributed by atoms with Crippen LogP contribution in [-0.4, -0.2) is 24.7 Å². The molecule has 0 atom stereocenters. The lowest BCUT2D eigenvalue weighted by molar-refractivity contribution is 0.0300. The number of ether oxygens (including phenoxy) is 1. The molecular formula is C16H19BrN2O. The summed E-state index contributed by atoms with van der Waals surface area (Å²) < 4.78 is 6.56. The molecule has 2 heterocycles. The van der Waals surface area contributed by atoms with Gasteiger partial charge in [0.1, 0.15) is 5.82 Å². The number of aromatic nitrogens is 1. The lowest BCUT2D eigenvalue weighted by Crippen LogP contribution is -2.33. The van der Waals surface area contributed by atoms with E-state index in [2.05, 4.69) is 51.4 Å². The number of anilines is 1. The Kier molecular flexibility index (Phi) is 3.94. The summed E-state index contributed by atoms with van der Waals surface area (Å²) in [6, 6.07) is 8.27. The molecule has 0 unspecified atom stereocenters. The Balaban J connectivity index is 1.82. The van der Waals surface area contributed by atoms with Gasteiger partial charge in [0.25, 0.3) is 0 Å². The maximum Gasteiger partial charge on any atom is 0.133 e. The molecule has 1 aromatic heterocycles. The van der Waals surface area contributed by atoms with E-state index in [1.54, 1.807) is 0 Å². The van der Waals surface area contributed by atoms with Crippen LogP contribution in [-0.2, 0) is 4.74 Å². The fraction of sp³-hybridized carbons (Fsp3) is 0.438. The fourth-order valence-corrected chi connectivity index (χ4v) is 3.15. The van der Waals surface area contributed by atoms with E-state index >= 15 is 0 Å². The molecule has 0 bridgehead atoms. The Bertz CT molecular complexity index is 608. The smallest absolute Gasteiger partial charge is 0.133 e. The van der Waals surface area contributed by atoms with Gasteiger partial charge in [-0.05, 0) is 30.4 Å². The zero-order valence-electron chi connectivity index (χ0n) is 11.7. The van der Waals surface area contributed by atoms with E-state index in [9.17, 15) is 0 Å². The highest BCUT2D eigenvalue weighted by atomic mass is 79.9. The summed E-state index contributed by atoms with van der Waals surface area (Å²) in [5.41, 5.74) is 0.300.